The highest BCUT2D eigenvalue weighted by molar-refractivity contribution is 7.89. The van der Waals surface area contributed by atoms with Crippen molar-refractivity contribution in [2.24, 2.45) is 5.14 Å². The Hall–Kier alpha value is -2.30. The smallest absolute Gasteiger partial charge is 0.290 e. The van der Waals surface area contributed by atoms with E-state index in [0.29, 0.717) is 6.42 Å². The van der Waals surface area contributed by atoms with E-state index in [2.05, 4.69) is 16.0 Å². The number of primary sulfonamides is 1. The number of Topliss-reactive ketones (excluding diaryl/α,β-unsaturated/α-hetero) is 1. The maximum Gasteiger partial charge on any atom is 0.290 e. The molecule has 9 nitrogen and oxygen atoms in total. The maximum atomic E-state index is 12.3. The van der Waals surface area contributed by atoms with Gasteiger partial charge in [-0.05, 0) is 26.0 Å². The summed E-state index contributed by atoms with van der Waals surface area (Å²) in [7, 11) is -2.50. The monoisotopic (exact) mass is 398 g/mol. The molecule has 0 saturated carbocycles. The molecule has 1 aromatic carbocycles. The number of nitrogens with one attached hydrogen (secondary N) is 3. The van der Waals surface area contributed by atoms with Crippen molar-refractivity contribution in [3.8, 4) is 0 Å². The second-order valence-electron chi connectivity index (χ2n) is 6.11. The molecule has 150 valence electrons. The number of rotatable bonds is 10. The molecule has 0 radical (unpaired) electrons. The molecule has 1 rings (SSSR count). The van der Waals surface area contributed by atoms with Crippen LogP contribution in [0.15, 0.2) is 30.3 Å². The van der Waals surface area contributed by atoms with E-state index in [4.69, 9.17) is 5.14 Å². The highest BCUT2D eigenvalue weighted by atomic mass is 32.2. The van der Waals surface area contributed by atoms with Gasteiger partial charge in [0.15, 0.2) is 0 Å². The molecule has 27 heavy (non-hydrogen) atoms. The molecule has 0 bridgehead atoms. The Balaban J connectivity index is 2.71. The summed E-state index contributed by atoms with van der Waals surface area (Å²) >= 11 is 0. The molecule has 0 aliphatic rings. The number of benzene rings is 1. The van der Waals surface area contributed by atoms with Gasteiger partial charge in [0, 0.05) is 0 Å². The summed E-state index contributed by atoms with van der Waals surface area (Å²) < 4.78 is 22.3. The van der Waals surface area contributed by atoms with E-state index in [9.17, 15) is 22.8 Å². The van der Waals surface area contributed by atoms with Crippen molar-refractivity contribution >= 4 is 27.6 Å². The topological polar surface area (TPSA) is 147 Å². The van der Waals surface area contributed by atoms with Crippen LogP contribution in [0.25, 0.3) is 0 Å². The molecular weight excluding hydrogens is 372 g/mol. The van der Waals surface area contributed by atoms with Gasteiger partial charge in [0.05, 0.1) is 17.8 Å². The molecule has 0 spiro atoms. The third kappa shape index (κ3) is 7.45. The third-order valence-corrected chi connectivity index (χ3v) is 4.75. The highest BCUT2D eigenvalue weighted by Gasteiger charge is 2.28. The van der Waals surface area contributed by atoms with Crippen LogP contribution in [0.2, 0.25) is 0 Å². The predicted molar refractivity (Wildman–Crippen MR) is 101 cm³/mol. The Kier molecular flexibility index (Phi) is 8.54. The molecule has 3 unspecified atom stereocenters. The van der Waals surface area contributed by atoms with Crippen LogP contribution < -0.4 is 21.1 Å². The Morgan fingerprint density at radius 2 is 1.70 bits per heavy atom. The molecule has 1 aromatic rings. The van der Waals surface area contributed by atoms with Gasteiger partial charge in [0.25, 0.3) is 5.91 Å². The number of likely N-dealkylation sites (N-methyl/N-ethyl adjacent to an activating group) is 1. The fourth-order valence-corrected chi connectivity index (χ4v) is 3.22. The first-order valence-corrected chi connectivity index (χ1v) is 10.2. The minimum absolute atomic E-state index is 0.335. The summed E-state index contributed by atoms with van der Waals surface area (Å²) in [6, 6.07) is 6.60. The van der Waals surface area contributed by atoms with Crippen molar-refractivity contribution in [2.75, 3.05) is 12.8 Å². The SMILES string of the molecule is CCC(NC(=O)C(=O)C(C)NC(=O)C(CS(N)(=O)=O)NC)c1ccccc1. The van der Waals surface area contributed by atoms with Crippen LogP contribution >= 0.6 is 0 Å². The Labute approximate surface area is 159 Å². The molecule has 0 aliphatic heterocycles. The van der Waals surface area contributed by atoms with Crippen molar-refractivity contribution < 1.29 is 22.8 Å². The van der Waals surface area contributed by atoms with E-state index in [-0.39, 0.29) is 6.04 Å². The number of ketones is 1. The molecule has 0 fully saturated rings. The number of nitrogens with two attached hydrogens (primary N) is 1. The summed E-state index contributed by atoms with van der Waals surface area (Å²) in [5, 5.41) is 12.4. The summed E-state index contributed by atoms with van der Waals surface area (Å²) in [4.78, 5) is 36.6. The van der Waals surface area contributed by atoms with Gasteiger partial charge in [-0.2, -0.15) is 0 Å². The van der Waals surface area contributed by atoms with Gasteiger partial charge in [-0.25, -0.2) is 13.6 Å². The van der Waals surface area contributed by atoms with Crippen LogP contribution in [0.4, 0.5) is 0 Å². The van der Waals surface area contributed by atoms with Gasteiger partial charge in [0.1, 0.15) is 6.04 Å². The summed E-state index contributed by atoms with van der Waals surface area (Å²) in [5.74, 6) is -3.03. The fourth-order valence-electron chi connectivity index (χ4n) is 2.43. The van der Waals surface area contributed by atoms with Crippen molar-refractivity contribution in [1.82, 2.24) is 16.0 Å². The Morgan fingerprint density at radius 1 is 1.11 bits per heavy atom. The minimum Gasteiger partial charge on any atom is -0.345 e. The normalized spacial score (nSPS) is 14.7. The summed E-state index contributed by atoms with van der Waals surface area (Å²) in [6.07, 6.45) is 0.583. The second kappa shape index (κ2) is 10.1. The molecule has 0 aliphatic carbocycles. The molecule has 0 saturated heterocycles. The summed E-state index contributed by atoms with van der Waals surface area (Å²) in [6.45, 7) is 3.23. The standard InChI is InChI=1S/C17H26N4O5S/c1-4-13(12-8-6-5-7-9-12)21-17(24)15(22)11(2)20-16(23)14(19-3)10-27(18,25)26/h5-9,11,13-14,19H,4,10H2,1-3H3,(H,20,23)(H,21,24)(H2,18,25,26). The maximum absolute atomic E-state index is 12.3. The van der Waals surface area contributed by atoms with E-state index >= 15 is 0 Å². The van der Waals surface area contributed by atoms with Gasteiger partial charge in [0.2, 0.25) is 21.7 Å². The number of carbonyl (C=O) groups excluding carboxylic acids is 3. The van der Waals surface area contributed by atoms with Crippen LogP contribution in [-0.4, -0.2) is 50.9 Å². The van der Waals surface area contributed by atoms with Crippen LogP contribution in [0.5, 0.6) is 0 Å². The number of sulfonamides is 1. The average Bonchev–Trinajstić information content (AvgIpc) is 2.62. The summed E-state index contributed by atoms with van der Waals surface area (Å²) in [5.41, 5.74) is 0.862. The largest absolute Gasteiger partial charge is 0.345 e. The highest BCUT2D eigenvalue weighted by Crippen LogP contribution is 2.15. The van der Waals surface area contributed by atoms with Crippen LogP contribution in [-0.2, 0) is 24.4 Å². The van der Waals surface area contributed by atoms with E-state index in [1.165, 1.54) is 14.0 Å². The fraction of sp³-hybridized carbons (Fsp3) is 0.471. The van der Waals surface area contributed by atoms with Crippen LogP contribution in [0.3, 0.4) is 0 Å². The first kappa shape index (κ1) is 22.7. The van der Waals surface area contributed by atoms with E-state index in [0.717, 1.165) is 5.56 Å². The lowest BCUT2D eigenvalue weighted by Crippen LogP contribution is -2.53. The molecule has 5 N–H and O–H groups in total. The van der Waals surface area contributed by atoms with Crippen molar-refractivity contribution in [3.05, 3.63) is 35.9 Å². The average molecular weight is 398 g/mol. The predicted octanol–water partition coefficient (Wildman–Crippen LogP) is -0.796. The third-order valence-electron chi connectivity index (χ3n) is 3.96. The van der Waals surface area contributed by atoms with Crippen LogP contribution in [0, 0.1) is 0 Å². The molecular formula is C17H26N4O5S. The zero-order valence-corrected chi connectivity index (χ0v) is 16.4. The molecule has 10 heteroatoms. The second-order valence-corrected chi connectivity index (χ2v) is 7.77. The van der Waals surface area contributed by atoms with Crippen molar-refractivity contribution in [2.45, 2.75) is 38.4 Å². The molecule has 3 atom stereocenters. The number of amides is 2. The van der Waals surface area contributed by atoms with Gasteiger partial charge in [-0.15, -0.1) is 0 Å². The Bertz CT molecular complexity index is 767. The number of hydrogen-bond acceptors (Lipinski definition) is 6. The van der Waals surface area contributed by atoms with Gasteiger partial charge in [-0.3, -0.25) is 14.4 Å². The number of hydrogen-bond donors (Lipinski definition) is 4. The zero-order valence-electron chi connectivity index (χ0n) is 15.6. The lowest BCUT2D eigenvalue weighted by Gasteiger charge is -2.20. The lowest BCUT2D eigenvalue weighted by atomic mass is 10.0. The van der Waals surface area contributed by atoms with E-state index in [1.54, 1.807) is 0 Å². The molecule has 0 aromatic heterocycles. The lowest BCUT2D eigenvalue weighted by molar-refractivity contribution is -0.140. The first-order chi connectivity index (χ1) is 12.6. The van der Waals surface area contributed by atoms with Crippen molar-refractivity contribution in [1.29, 1.82) is 0 Å². The first-order valence-electron chi connectivity index (χ1n) is 8.46. The van der Waals surface area contributed by atoms with Gasteiger partial charge < -0.3 is 16.0 Å². The number of carbonyl (C=O) groups is 3. The van der Waals surface area contributed by atoms with Crippen LogP contribution in [0.1, 0.15) is 31.9 Å². The zero-order chi connectivity index (χ0) is 20.6. The van der Waals surface area contributed by atoms with E-state index in [1.807, 2.05) is 37.3 Å². The van der Waals surface area contributed by atoms with Gasteiger partial charge >= 0.3 is 0 Å². The molecule has 0 heterocycles. The quantitative estimate of drug-likeness (QED) is 0.380. The van der Waals surface area contributed by atoms with E-state index < -0.39 is 45.5 Å². The van der Waals surface area contributed by atoms with Crippen molar-refractivity contribution in [3.63, 3.8) is 0 Å². The Morgan fingerprint density at radius 3 is 2.19 bits per heavy atom. The molecule has 2 amide bonds. The van der Waals surface area contributed by atoms with Gasteiger partial charge in [-0.1, -0.05) is 37.3 Å². The minimum atomic E-state index is -3.89.